The van der Waals surface area contributed by atoms with E-state index in [0.717, 1.165) is 12.5 Å². The highest BCUT2D eigenvalue weighted by molar-refractivity contribution is 4.95. The first-order chi connectivity index (χ1) is 9.20. The number of rotatable bonds is 3. The zero-order chi connectivity index (χ0) is 13.7. The molecule has 0 aromatic carbocycles. The van der Waals surface area contributed by atoms with E-state index in [1.807, 2.05) is 0 Å². The predicted octanol–water partition coefficient (Wildman–Crippen LogP) is 2.31. The molecule has 2 saturated heterocycles. The quantitative estimate of drug-likeness (QED) is 0.852. The highest BCUT2D eigenvalue weighted by Crippen LogP contribution is 2.31. The first kappa shape index (κ1) is 15.3. The average Bonchev–Trinajstić information content (AvgIpc) is 2.77. The number of nitrogens with zero attached hydrogens (tertiary/aromatic N) is 2. The zero-order valence-corrected chi connectivity index (χ0v) is 13.0. The predicted molar refractivity (Wildman–Crippen MR) is 82.3 cm³/mol. The molecule has 0 amide bonds. The van der Waals surface area contributed by atoms with Gasteiger partial charge >= 0.3 is 0 Å². The third-order valence-corrected chi connectivity index (χ3v) is 5.62. The second kappa shape index (κ2) is 7.05. The minimum atomic E-state index is 0.299. The van der Waals surface area contributed by atoms with E-state index >= 15 is 0 Å². The summed E-state index contributed by atoms with van der Waals surface area (Å²) in [6, 6.07) is 0. The molecule has 0 aromatic heterocycles. The number of hydrogen-bond donors (Lipinski definition) is 1. The van der Waals surface area contributed by atoms with Crippen molar-refractivity contribution in [3.63, 3.8) is 0 Å². The molecule has 2 atom stereocenters. The van der Waals surface area contributed by atoms with Crippen molar-refractivity contribution in [1.82, 2.24) is 9.80 Å². The van der Waals surface area contributed by atoms with Gasteiger partial charge in [-0.1, -0.05) is 13.3 Å². The van der Waals surface area contributed by atoms with Crippen LogP contribution in [0.1, 0.15) is 51.9 Å². The Balaban J connectivity index is 2.03. The zero-order valence-electron chi connectivity index (χ0n) is 13.0. The van der Waals surface area contributed by atoms with Gasteiger partial charge in [-0.3, -0.25) is 4.90 Å². The van der Waals surface area contributed by atoms with Gasteiger partial charge in [0.15, 0.2) is 0 Å². The molecule has 0 aliphatic carbocycles. The molecule has 3 nitrogen and oxygen atoms in total. The van der Waals surface area contributed by atoms with Crippen molar-refractivity contribution < 1.29 is 0 Å². The van der Waals surface area contributed by atoms with Gasteiger partial charge in [0.2, 0.25) is 0 Å². The fourth-order valence-corrected chi connectivity index (χ4v) is 4.01. The van der Waals surface area contributed by atoms with Crippen LogP contribution in [0.15, 0.2) is 0 Å². The molecule has 2 N–H and O–H groups in total. The smallest absolute Gasteiger partial charge is 0.0344 e. The Morgan fingerprint density at radius 2 is 1.89 bits per heavy atom. The molecule has 0 aromatic rings. The van der Waals surface area contributed by atoms with Gasteiger partial charge < -0.3 is 10.6 Å². The summed E-state index contributed by atoms with van der Waals surface area (Å²) < 4.78 is 0. The topological polar surface area (TPSA) is 32.5 Å². The first-order valence-electron chi connectivity index (χ1n) is 8.34. The Morgan fingerprint density at radius 1 is 1.05 bits per heavy atom. The molecule has 0 saturated carbocycles. The summed E-state index contributed by atoms with van der Waals surface area (Å²) in [4.78, 5) is 5.24. The Bertz CT molecular complexity index is 269. The standard InChI is InChI=1S/C16H33N3/c1-3-15-6-4-11-19(12-7-15)16(14-17)8-5-10-18(2)13-9-16/h15H,3-14,17H2,1-2H3. The molecule has 3 heteroatoms. The van der Waals surface area contributed by atoms with Gasteiger partial charge in [-0.25, -0.2) is 0 Å². The maximum atomic E-state index is 6.24. The molecule has 0 spiro atoms. The highest BCUT2D eigenvalue weighted by atomic mass is 15.2. The molecule has 2 aliphatic heterocycles. The van der Waals surface area contributed by atoms with Crippen LogP contribution in [0.25, 0.3) is 0 Å². The van der Waals surface area contributed by atoms with Gasteiger partial charge in [0.05, 0.1) is 0 Å². The molecule has 112 valence electrons. The van der Waals surface area contributed by atoms with Crippen molar-refractivity contribution in [2.75, 3.05) is 39.8 Å². The van der Waals surface area contributed by atoms with Crippen molar-refractivity contribution in [3.05, 3.63) is 0 Å². The minimum absolute atomic E-state index is 0.299. The average molecular weight is 267 g/mol. The molecule has 19 heavy (non-hydrogen) atoms. The summed E-state index contributed by atoms with van der Waals surface area (Å²) in [5.41, 5.74) is 6.54. The lowest BCUT2D eigenvalue weighted by Crippen LogP contribution is -2.54. The van der Waals surface area contributed by atoms with Crippen LogP contribution >= 0.6 is 0 Å². The highest BCUT2D eigenvalue weighted by Gasteiger charge is 2.37. The second-order valence-electron chi connectivity index (χ2n) is 6.78. The largest absolute Gasteiger partial charge is 0.329 e. The Kier molecular flexibility index (Phi) is 5.67. The maximum Gasteiger partial charge on any atom is 0.0344 e. The van der Waals surface area contributed by atoms with E-state index in [-0.39, 0.29) is 0 Å². The van der Waals surface area contributed by atoms with Crippen molar-refractivity contribution in [1.29, 1.82) is 0 Å². The normalized spacial score (nSPS) is 35.8. The van der Waals surface area contributed by atoms with Gasteiger partial charge in [-0.15, -0.1) is 0 Å². The summed E-state index contributed by atoms with van der Waals surface area (Å²) in [6.07, 6.45) is 9.40. The summed E-state index contributed by atoms with van der Waals surface area (Å²) in [7, 11) is 2.25. The molecular weight excluding hydrogens is 234 g/mol. The lowest BCUT2D eigenvalue weighted by atomic mass is 9.88. The lowest BCUT2D eigenvalue weighted by Gasteiger charge is -2.43. The van der Waals surface area contributed by atoms with E-state index < -0.39 is 0 Å². The van der Waals surface area contributed by atoms with E-state index in [0.29, 0.717) is 5.54 Å². The molecule has 2 heterocycles. The van der Waals surface area contributed by atoms with E-state index in [4.69, 9.17) is 5.73 Å². The van der Waals surface area contributed by atoms with E-state index in [9.17, 15) is 0 Å². The van der Waals surface area contributed by atoms with Crippen LogP contribution in [-0.4, -0.2) is 55.1 Å². The van der Waals surface area contributed by atoms with Crippen LogP contribution in [0.5, 0.6) is 0 Å². The van der Waals surface area contributed by atoms with Crippen molar-refractivity contribution in [3.8, 4) is 0 Å². The van der Waals surface area contributed by atoms with Gasteiger partial charge in [-0.05, 0) is 77.7 Å². The Morgan fingerprint density at radius 3 is 2.63 bits per heavy atom. The number of likely N-dealkylation sites (tertiary alicyclic amines) is 2. The van der Waals surface area contributed by atoms with Crippen LogP contribution in [0, 0.1) is 5.92 Å². The van der Waals surface area contributed by atoms with Crippen molar-refractivity contribution in [2.45, 2.75) is 57.4 Å². The molecule has 0 radical (unpaired) electrons. The molecule has 0 bridgehead atoms. The van der Waals surface area contributed by atoms with Crippen LogP contribution in [0.3, 0.4) is 0 Å². The van der Waals surface area contributed by atoms with Gasteiger partial charge in [0.1, 0.15) is 0 Å². The third kappa shape index (κ3) is 3.71. The minimum Gasteiger partial charge on any atom is -0.329 e. The van der Waals surface area contributed by atoms with E-state index in [1.54, 1.807) is 0 Å². The molecule has 2 rings (SSSR count). The van der Waals surface area contributed by atoms with Crippen LogP contribution in [-0.2, 0) is 0 Å². The van der Waals surface area contributed by atoms with E-state index in [1.165, 1.54) is 71.1 Å². The maximum absolute atomic E-state index is 6.24. The fraction of sp³-hybridized carbons (Fsp3) is 1.00. The molecule has 2 aliphatic rings. The third-order valence-electron chi connectivity index (χ3n) is 5.62. The van der Waals surface area contributed by atoms with Gasteiger partial charge in [0, 0.05) is 12.1 Å². The molecular formula is C16H33N3. The summed E-state index contributed by atoms with van der Waals surface area (Å²) in [5, 5.41) is 0. The summed E-state index contributed by atoms with van der Waals surface area (Å²) in [6.45, 7) is 8.20. The second-order valence-corrected chi connectivity index (χ2v) is 6.78. The number of hydrogen-bond acceptors (Lipinski definition) is 3. The van der Waals surface area contributed by atoms with Crippen molar-refractivity contribution in [2.24, 2.45) is 11.7 Å². The monoisotopic (exact) mass is 267 g/mol. The van der Waals surface area contributed by atoms with Crippen LogP contribution in [0.4, 0.5) is 0 Å². The van der Waals surface area contributed by atoms with Gasteiger partial charge in [0.25, 0.3) is 0 Å². The lowest BCUT2D eigenvalue weighted by molar-refractivity contribution is 0.0811. The SMILES string of the molecule is CCC1CCCN(C2(CN)CCCN(C)CC2)CC1. The summed E-state index contributed by atoms with van der Waals surface area (Å²) in [5.74, 6) is 0.952. The van der Waals surface area contributed by atoms with Crippen molar-refractivity contribution >= 4 is 0 Å². The Labute approximate surface area is 119 Å². The van der Waals surface area contributed by atoms with Crippen LogP contribution < -0.4 is 5.73 Å². The fourth-order valence-electron chi connectivity index (χ4n) is 4.01. The van der Waals surface area contributed by atoms with E-state index in [2.05, 4.69) is 23.8 Å². The molecule has 2 fully saturated rings. The Hall–Kier alpha value is -0.120. The number of nitrogens with two attached hydrogens (primary N) is 1. The first-order valence-corrected chi connectivity index (χ1v) is 8.34. The van der Waals surface area contributed by atoms with Crippen LogP contribution in [0.2, 0.25) is 0 Å². The van der Waals surface area contributed by atoms with Gasteiger partial charge in [-0.2, -0.15) is 0 Å². The summed E-state index contributed by atoms with van der Waals surface area (Å²) >= 11 is 0. The molecule has 2 unspecified atom stereocenters.